The maximum atomic E-state index is 12.3. The van der Waals surface area contributed by atoms with Crippen LogP contribution in [0.1, 0.15) is 44.2 Å². The molecule has 5 nitrogen and oxygen atoms in total. The van der Waals surface area contributed by atoms with E-state index < -0.39 is 0 Å². The molecule has 1 aromatic heterocycles. The highest BCUT2D eigenvalue weighted by Crippen LogP contribution is 2.32. The van der Waals surface area contributed by atoms with Gasteiger partial charge in [-0.15, -0.1) is 0 Å². The van der Waals surface area contributed by atoms with Crippen LogP contribution in [0, 0.1) is 5.92 Å². The Bertz CT molecular complexity index is 484. The fraction of sp³-hybridized carbons (Fsp3) is 0.750. The van der Waals surface area contributed by atoms with Gasteiger partial charge in [0.1, 0.15) is 0 Å². The Morgan fingerprint density at radius 1 is 1.38 bits per heavy atom. The molecule has 116 valence electrons. The highest BCUT2D eigenvalue weighted by atomic mass is 16.2. The largest absolute Gasteiger partial charge is 0.354 e. The Kier molecular flexibility index (Phi) is 4.58. The monoisotopic (exact) mass is 290 g/mol. The highest BCUT2D eigenvalue weighted by Gasteiger charge is 2.34. The fourth-order valence-corrected chi connectivity index (χ4v) is 3.74. The molecular formula is C16H26N4O. The Balaban J connectivity index is 1.43. The molecule has 2 heterocycles. The van der Waals surface area contributed by atoms with Crippen LogP contribution in [0.2, 0.25) is 0 Å². The first-order valence-electron chi connectivity index (χ1n) is 8.24. The van der Waals surface area contributed by atoms with Gasteiger partial charge in [-0.25, -0.2) is 0 Å². The number of carbonyl (C=O) groups is 1. The van der Waals surface area contributed by atoms with E-state index in [4.69, 9.17) is 0 Å². The number of piperidine rings is 1. The van der Waals surface area contributed by atoms with Crippen LogP contribution in [-0.4, -0.2) is 34.3 Å². The van der Waals surface area contributed by atoms with Crippen LogP contribution in [0.4, 0.5) is 0 Å². The molecule has 1 saturated heterocycles. The first-order chi connectivity index (χ1) is 10.2. The minimum absolute atomic E-state index is 0.00748. The number of hydrogen-bond acceptors (Lipinski definition) is 3. The minimum Gasteiger partial charge on any atom is -0.354 e. The van der Waals surface area contributed by atoms with Gasteiger partial charge in [-0.05, 0) is 37.7 Å². The van der Waals surface area contributed by atoms with Gasteiger partial charge in [-0.1, -0.05) is 12.8 Å². The van der Waals surface area contributed by atoms with Crippen molar-refractivity contribution in [2.75, 3.05) is 6.54 Å². The molecule has 5 heteroatoms. The zero-order chi connectivity index (χ0) is 14.7. The number of nitrogens with one attached hydrogen (secondary N) is 2. The molecule has 0 bridgehead atoms. The second-order valence-corrected chi connectivity index (χ2v) is 6.47. The molecule has 1 aromatic rings. The van der Waals surface area contributed by atoms with Crippen molar-refractivity contribution >= 4 is 5.91 Å². The van der Waals surface area contributed by atoms with Crippen molar-refractivity contribution in [3.8, 4) is 0 Å². The Morgan fingerprint density at radius 2 is 2.24 bits per heavy atom. The summed E-state index contributed by atoms with van der Waals surface area (Å²) in [7, 11) is 1.91. The van der Waals surface area contributed by atoms with Crippen LogP contribution in [-0.2, 0) is 18.3 Å². The number of aryl methyl sites for hydroxylation is 1. The van der Waals surface area contributed by atoms with Crippen LogP contribution in [0.3, 0.4) is 0 Å². The normalized spacial score (nSPS) is 28.9. The van der Waals surface area contributed by atoms with Gasteiger partial charge in [0.2, 0.25) is 5.91 Å². The maximum Gasteiger partial charge on any atom is 0.237 e. The van der Waals surface area contributed by atoms with Gasteiger partial charge < -0.3 is 10.6 Å². The lowest BCUT2D eigenvalue weighted by Gasteiger charge is -2.39. The summed E-state index contributed by atoms with van der Waals surface area (Å²) in [6, 6.07) is 2.57. The molecule has 3 atom stereocenters. The van der Waals surface area contributed by atoms with Gasteiger partial charge in [0, 0.05) is 32.3 Å². The Labute approximate surface area is 126 Å². The molecule has 1 saturated carbocycles. The Hall–Kier alpha value is -1.36. The third-order valence-electron chi connectivity index (χ3n) is 4.92. The van der Waals surface area contributed by atoms with Crippen molar-refractivity contribution in [3.63, 3.8) is 0 Å². The number of rotatable bonds is 4. The van der Waals surface area contributed by atoms with E-state index in [0.29, 0.717) is 12.6 Å². The number of amides is 1. The molecule has 2 fully saturated rings. The van der Waals surface area contributed by atoms with Crippen molar-refractivity contribution in [1.82, 2.24) is 20.4 Å². The van der Waals surface area contributed by atoms with Crippen LogP contribution in [0.15, 0.2) is 12.3 Å². The summed E-state index contributed by atoms with van der Waals surface area (Å²) in [5.74, 6) is 0.964. The van der Waals surface area contributed by atoms with Crippen LogP contribution >= 0.6 is 0 Å². The zero-order valence-electron chi connectivity index (χ0n) is 12.8. The molecule has 0 aromatic carbocycles. The summed E-state index contributed by atoms with van der Waals surface area (Å²) >= 11 is 0. The number of carbonyl (C=O) groups excluding carboxylic acids is 1. The maximum absolute atomic E-state index is 12.3. The summed E-state index contributed by atoms with van der Waals surface area (Å²) in [6.45, 7) is 0.669. The summed E-state index contributed by atoms with van der Waals surface area (Å²) in [5.41, 5.74) is 1.03. The van der Waals surface area contributed by atoms with Crippen molar-refractivity contribution in [2.45, 2.75) is 57.0 Å². The van der Waals surface area contributed by atoms with Crippen molar-refractivity contribution in [1.29, 1.82) is 0 Å². The zero-order valence-corrected chi connectivity index (χ0v) is 12.8. The van der Waals surface area contributed by atoms with Crippen LogP contribution < -0.4 is 10.6 Å². The quantitative estimate of drug-likeness (QED) is 0.881. The van der Waals surface area contributed by atoms with Gasteiger partial charge in [0.25, 0.3) is 0 Å². The second kappa shape index (κ2) is 6.60. The first-order valence-corrected chi connectivity index (χ1v) is 8.24. The molecule has 3 unspecified atom stereocenters. The van der Waals surface area contributed by atoms with Gasteiger partial charge in [0.15, 0.2) is 0 Å². The van der Waals surface area contributed by atoms with E-state index in [1.807, 2.05) is 19.3 Å². The van der Waals surface area contributed by atoms with E-state index in [-0.39, 0.29) is 11.9 Å². The number of aromatic nitrogens is 2. The smallest absolute Gasteiger partial charge is 0.237 e. The minimum atomic E-state index is 0.00748. The molecule has 2 N–H and O–H groups in total. The van der Waals surface area contributed by atoms with E-state index in [1.165, 1.54) is 32.1 Å². The fourth-order valence-electron chi connectivity index (χ4n) is 3.74. The van der Waals surface area contributed by atoms with Crippen LogP contribution in [0.5, 0.6) is 0 Å². The predicted molar refractivity (Wildman–Crippen MR) is 81.8 cm³/mol. The number of fused-ring (bicyclic) bond motifs is 1. The topological polar surface area (TPSA) is 59.0 Å². The van der Waals surface area contributed by atoms with E-state index in [2.05, 4.69) is 15.7 Å². The van der Waals surface area contributed by atoms with E-state index in [9.17, 15) is 4.79 Å². The van der Waals surface area contributed by atoms with Crippen molar-refractivity contribution < 1.29 is 4.79 Å². The lowest BCUT2D eigenvalue weighted by molar-refractivity contribution is -0.124. The number of hydrogen-bond donors (Lipinski definition) is 2. The second-order valence-electron chi connectivity index (χ2n) is 6.47. The lowest BCUT2D eigenvalue weighted by atomic mass is 9.77. The summed E-state index contributed by atoms with van der Waals surface area (Å²) < 4.78 is 1.79. The Morgan fingerprint density at radius 3 is 3.05 bits per heavy atom. The number of nitrogens with zero attached hydrogens (tertiary/aromatic N) is 2. The van der Waals surface area contributed by atoms with Gasteiger partial charge in [0.05, 0.1) is 11.7 Å². The van der Waals surface area contributed by atoms with Gasteiger partial charge in [-0.3, -0.25) is 9.48 Å². The molecule has 1 aliphatic carbocycles. The first kappa shape index (κ1) is 14.6. The molecule has 1 aliphatic heterocycles. The molecule has 0 spiro atoms. The van der Waals surface area contributed by atoms with Crippen molar-refractivity contribution in [3.05, 3.63) is 18.0 Å². The van der Waals surface area contributed by atoms with Crippen molar-refractivity contribution in [2.24, 2.45) is 13.0 Å². The third-order valence-corrected chi connectivity index (χ3v) is 4.92. The molecule has 0 radical (unpaired) electrons. The molecule has 2 aliphatic rings. The molecule has 21 heavy (non-hydrogen) atoms. The molecular weight excluding hydrogens is 264 g/mol. The average Bonchev–Trinajstić information content (AvgIpc) is 2.92. The summed E-state index contributed by atoms with van der Waals surface area (Å²) in [5, 5.41) is 11.0. The van der Waals surface area contributed by atoms with E-state index >= 15 is 0 Å². The predicted octanol–water partition coefficient (Wildman–Crippen LogP) is 1.39. The van der Waals surface area contributed by atoms with E-state index in [1.54, 1.807) is 4.68 Å². The SMILES string of the molecule is Cn1ccc(CCNC(=O)C2CCC3CCCCC3N2)n1. The van der Waals surface area contributed by atoms with E-state index in [0.717, 1.165) is 24.5 Å². The third kappa shape index (κ3) is 3.64. The average molecular weight is 290 g/mol. The lowest BCUT2D eigenvalue weighted by Crippen LogP contribution is -2.55. The summed E-state index contributed by atoms with van der Waals surface area (Å²) in [6.07, 6.45) is 10.2. The standard InChI is InChI=1S/C16H26N4O/c1-20-11-9-13(19-20)8-10-17-16(21)15-7-6-12-4-2-3-5-14(12)18-15/h9,11-12,14-15,18H,2-8,10H2,1H3,(H,17,21). The molecule has 3 rings (SSSR count). The van der Waals surface area contributed by atoms with Gasteiger partial charge >= 0.3 is 0 Å². The van der Waals surface area contributed by atoms with Gasteiger partial charge in [-0.2, -0.15) is 5.10 Å². The highest BCUT2D eigenvalue weighted by molar-refractivity contribution is 5.81. The summed E-state index contributed by atoms with van der Waals surface area (Å²) in [4.78, 5) is 12.3. The van der Waals surface area contributed by atoms with Crippen LogP contribution in [0.25, 0.3) is 0 Å². The molecule has 1 amide bonds.